The topological polar surface area (TPSA) is 91.9 Å². The van der Waals surface area contributed by atoms with E-state index in [1.54, 1.807) is 37.4 Å². The van der Waals surface area contributed by atoms with Crippen molar-refractivity contribution in [3.05, 3.63) is 48.0 Å². The maximum absolute atomic E-state index is 13.2. The first kappa shape index (κ1) is 23.9. The molecule has 0 radical (unpaired) electrons. The minimum absolute atomic E-state index is 0.0693. The molecule has 2 aliphatic heterocycles. The first-order chi connectivity index (χ1) is 16.5. The summed E-state index contributed by atoms with van der Waals surface area (Å²) >= 11 is 0. The van der Waals surface area contributed by atoms with Gasteiger partial charge in [-0.15, -0.1) is 0 Å². The number of ether oxygens (including phenoxy) is 2. The Hall–Kier alpha value is -3.26. The number of hydrogen-bond acceptors (Lipinski definition) is 5. The van der Waals surface area contributed by atoms with E-state index in [1.165, 1.54) is 0 Å². The smallest absolute Gasteiger partial charge is 0.323 e. The van der Waals surface area contributed by atoms with Crippen molar-refractivity contribution in [1.29, 1.82) is 0 Å². The number of anilines is 3. The maximum atomic E-state index is 13.2. The van der Waals surface area contributed by atoms with Gasteiger partial charge >= 0.3 is 6.03 Å². The zero-order valence-corrected chi connectivity index (χ0v) is 19.9. The number of hydrogen-bond donors (Lipinski definition) is 3. The summed E-state index contributed by atoms with van der Waals surface area (Å²) in [6, 6.07) is 12.2. The third kappa shape index (κ3) is 6.20. The predicted octanol–water partition coefficient (Wildman–Crippen LogP) is 4.48. The van der Waals surface area contributed by atoms with E-state index in [4.69, 9.17) is 9.47 Å². The van der Waals surface area contributed by atoms with Crippen LogP contribution in [0.3, 0.4) is 0 Å². The van der Waals surface area contributed by atoms with Crippen LogP contribution >= 0.6 is 0 Å². The molecule has 2 aromatic rings. The highest BCUT2D eigenvalue weighted by Gasteiger charge is 2.23. The van der Waals surface area contributed by atoms with Crippen molar-refractivity contribution in [2.45, 2.75) is 38.7 Å². The molecule has 0 bridgehead atoms. The van der Waals surface area contributed by atoms with Crippen molar-refractivity contribution in [1.82, 2.24) is 5.32 Å². The van der Waals surface area contributed by atoms with Crippen LogP contribution in [0.1, 0.15) is 43.0 Å². The van der Waals surface area contributed by atoms with Crippen LogP contribution in [0, 0.1) is 5.92 Å². The van der Waals surface area contributed by atoms with Gasteiger partial charge in [0.1, 0.15) is 5.75 Å². The molecule has 2 aromatic carbocycles. The molecule has 1 unspecified atom stereocenters. The molecule has 2 aliphatic rings. The fourth-order valence-corrected chi connectivity index (χ4v) is 4.40. The Morgan fingerprint density at radius 3 is 2.41 bits per heavy atom. The predicted molar refractivity (Wildman–Crippen MR) is 134 cm³/mol. The molecule has 4 rings (SSSR count). The molecular formula is C26H34N4O4. The average molecular weight is 467 g/mol. The molecule has 3 N–H and O–H groups in total. The summed E-state index contributed by atoms with van der Waals surface area (Å²) in [7, 11) is 1.60. The molecule has 8 heteroatoms. The van der Waals surface area contributed by atoms with E-state index in [1.807, 2.05) is 12.1 Å². The lowest BCUT2D eigenvalue weighted by molar-refractivity contribution is 0.0858. The summed E-state index contributed by atoms with van der Waals surface area (Å²) in [5, 5.41) is 8.68. The SMILES string of the molecule is COc1ccc(NC(=O)Nc2ccc(N3CCC(C)CC3)c(C(=O)NCC3CCCO3)c2)cc1. The Morgan fingerprint density at radius 2 is 1.74 bits per heavy atom. The molecule has 8 nitrogen and oxygen atoms in total. The minimum atomic E-state index is -0.379. The first-order valence-corrected chi connectivity index (χ1v) is 12.0. The van der Waals surface area contributed by atoms with Crippen molar-refractivity contribution < 1.29 is 19.1 Å². The molecule has 182 valence electrons. The van der Waals surface area contributed by atoms with Gasteiger partial charge < -0.3 is 30.3 Å². The van der Waals surface area contributed by atoms with E-state index >= 15 is 0 Å². The van der Waals surface area contributed by atoms with Crippen LogP contribution in [0.5, 0.6) is 5.75 Å². The average Bonchev–Trinajstić information content (AvgIpc) is 3.37. The highest BCUT2D eigenvalue weighted by Crippen LogP contribution is 2.29. The number of benzene rings is 2. The summed E-state index contributed by atoms with van der Waals surface area (Å²) < 4.78 is 10.8. The molecule has 1 atom stereocenters. The Kier molecular flexibility index (Phi) is 7.90. The van der Waals surface area contributed by atoms with Crippen molar-refractivity contribution in [2.75, 3.05) is 48.9 Å². The summed E-state index contributed by atoms with van der Waals surface area (Å²) in [5.74, 6) is 1.26. The van der Waals surface area contributed by atoms with Gasteiger partial charge in [-0.05, 0) is 74.1 Å². The second kappa shape index (κ2) is 11.2. The zero-order chi connectivity index (χ0) is 23.9. The monoisotopic (exact) mass is 466 g/mol. The lowest BCUT2D eigenvalue weighted by atomic mass is 9.97. The van der Waals surface area contributed by atoms with Gasteiger partial charge in [0.25, 0.3) is 5.91 Å². The largest absolute Gasteiger partial charge is 0.497 e. The third-order valence-corrected chi connectivity index (χ3v) is 6.49. The van der Waals surface area contributed by atoms with Crippen molar-refractivity contribution in [3.63, 3.8) is 0 Å². The van der Waals surface area contributed by atoms with Crippen LogP contribution in [0.25, 0.3) is 0 Å². The van der Waals surface area contributed by atoms with E-state index in [0.29, 0.717) is 35.2 Å². The van der Waals surface area contributed by atoms with Gasteiger partial charge in [-0.25, -0.2) is 4.79 Å². The van der Waals surface area contributed by atoms with Crippen LogP contribution in [-0.2, 0) is 4.74 Å². The van der Waals surface area contributed by atoms with Gasteiger partial charge in [-0.2, -0.15) is 0 Å². The van der Waals surface area contributed by atoms with E-state index in [2.05, 4.69) is 27.8 Å². The Balaban J connectivity index is 1.47. The number of piperidine rings is 1. The quantitative estimate of drug-likeness (QED) is 0.559. The van der Waals surface area contributed by atoms with Crippen LogP contribution < -0.4 is 25.6 Å². The van der Waals surface area contributed by atoms with E-state index in [9.17, 15) is 9.59 Å². The van der Waals surface area contributed by atoms with Crippen LogP contribution in [0.15, 0.2) is 42.5 Å². The molecule has 2 fully saturated rings. The van der Waals surface area contributed by atoms with Gasteiger partial charge in [0.05, 0.1) is 18.8 Å². The summed E-state index contributed by atoms with van der Waals surface area (Å²) in [6.07, 6.45) is 4.26. The van der Waals surface area contributed by atoms with Gasteiger partial charge in [0, 0.05) is 43.3 Å². The highest BCUT2D eigenvalue weighted by atomic mass is 16.5. The number of amides is 3. The maximum Gasteiger partial charge on any atom is 0.323 e. The van der Waals surface area contributed by atoms with Gasteiger partial charge in [0.15, 0.2) is 0 Å². The zero-order valence-electron chi connectivity index (χ0n) is 19.9. The lowest BCUT2D eigenvalue weighted by Gasteiger charge is -2.33. The number of carbonyl (C=O) groups is 2. The second-order valence-corrected chi connectivity index (χ2v) is 9.05. The van der Waals surface area contributed by atoms with Crippen molar-refractivity contribution >= 4 is 29.0 Å². The van der Waals surface area contributed by atoms with Crippen molar-refractivity contribution in [2.24, 2.45) is 5.92 Å². The molecule has 0 spiro atoms. The number of methoxy groups -OCH3 is 1. The highest BCUT2D eigenvalue weighted by molar-refractivity contribution is 6.04. The van der Waals surface area contributed by atoms with Gasteiger partial charge in [0.2, 0.25) is 0 Å². The van der Waals surface area contributed by atoms with E-state index in [0.717, 1.165) is 51.1 Å². The third-order valence-electron chi connectivity index (χ3n) is 6.49. The Labute approximate surface area is 201 Å². The second-order valence-electron chi connectivity index (χ2n) is 9.05. The number of nitrogens with zero attached hydrogens (tertiary/aromatic N) is 1. The number of urea groups is 1. The molecule has 0 aliphatic carbocycles. The Morgan fingerprint density at radius 1 is 1.03 bits per heavy atom. The minimum Gasteiger partial charge on any atom is -0.497 e. The fourth-order valence-electron chi connectivity index (χ4n) is 4.40. The standard InChI is InChI=1S/C26H34N4O4/c1-18-11-13-30(14-12-18)24-10-7-20(16-23(24)25(31)27-17-22-4-3-15-34-22)29-26(32)28-19-5-8-21(33-2)9-6-19/h5-10,16,18,22H,3-4,11-15,17H2,1-2H3,(H,27,31)(H2,28,29,32). The molecular weight excluding hydrogens is 432 g/mol. The van der Waals surface area contributed by atoms with Crippen molar-refractivity contribution in [3.8, 4) is 5.75 Å². The molecule has 2 heterocycles. The molecule has 0 saturated carbocycles. The number of carbonyl (C=O) groups excluding carboxylic acids is 2. The van der Waals surface area contributed by atoms with Crippen LogP contribution in [-0.4, -0.2) is 51.4 Å². The van der Waals surface area contributed by atoms with E-state index in [-0.39, 0.29) is 18.0 Å². The fraction of sp³-hybridized carbons (Fsp3) is 0.462. The molecule has 0 aromatic heterocycles. The van der Waals surface area contributed by atoms with Crippen LogP contribution in [0.2, 0.25) is 0 Å². The molecule has 34 heavy (non-hydrogen) atoms. The molecule has 3 amide bonds. The first-order valence-electron chi connectivity index (χ1n) is 12.0. The summed E-state index contributed by atoms with van der Waals surface area (Å²) in [6.45, 7) is 5.34. The van der Waals surface area contributed by atoms with Crippen LogP contribution in [0.4, 0.5) is 21.9 Å². The number of rotatable bonds is 7. The normalized spacial score (nSPS) is 18.4. The number of nitrogens with one attached hydrogen (secondary N) is 3. The summed E-state index contributed by atoms with van der Waals surface area (Å²) in [5.41, 5.74) is 2.67. The van der Waals surface area contributed by atoms with Gasteiger partial charge in [-0.3, -0.25) is 4.79 Å². The summed E-state index contributed by atoms with van der Waals surface area (Å²) in [4.78, 5) is 28.0. The van der Waals surface area contributed by atoms with E-state index < -0.39 is 0 Å². The lowest BCUT2D eigenvalue weighted by Crippen LogP contribution is -2.36. The molecule has 2 saturated heterocycles. The van der Waals surface area contributed by atoms with Gasteiger partial charge in [-0.1, -0.05) is 6.92 Å². The Bertz CT molecular complexity index is 981.